The number of halogens is 3. The summed E-state index contributed by atoms with van der Waals surface area (Å²) in [7, 11) is 0. The highest BCUT2D eigenvalue weighted by atomic mass is 19.1. The maximum atomic E-state index is 15.2. The summed E-state index contributed by atoms with van der Waals surface area (Å²) in [5, 5.41) is 16.3. The lowest BCUT2D eigenvalue weighted by Crippen LogP contribution is -2.41. The van der Waals surface area contributed by atoms with Crippen LogP contribution in [0.5, 0.6) is 0 Å². The van der Waals surface area contributed by atoms with Crippen molar-refractivity contribution in [2.75, 3.05) is 13.2 Å². The molecule has 6 nitrogen and oxygen atoms in total. The van der Waals surface area contributed by atoms with Crippen LogP contribution in [0.1, 0.15) is 21.5 Å². The van der Waals surface area contributed by atoms with Crippen molar-refractivity contribution in [2.45, 2.75) is 12.6 Å². The second-order valence-electron chi connectivity index (χ2n) is 7.21. The Hall–Kier alpha value is -3.72. The Bertz CT molecular complexity index is 1190. The molecule has 1 aromatic heterocycles. The van der Waals surface area contributed by atoms with Crippen molar-refractivity contribution in [3.05, 3.63) is 95.1 Å². The molecule has 0 bridgehead atoms. The fourth-order valence-corrected chi connectivity index (χ4v) is 3.50. The first-order chi connectivity index (χ1) is 15.5. The summed E-state index contributed by atoms with van der Waals surface area (Å²) in [5.74, 6) is -2.72. The molecular formula is C23H19F3N4O2. The summed E-state index contributed by atoms with van der Waals surface area (Å²) in [6, 6.07) is 10.1. The molecule has 32 heavy (non-hydrogen) atoms. The van der Waals surface area contributed by atoms with Crippen LogP contribution in [0.4, 0.5) is 13.2 Å². The number of benzene rings is 2. The van der Waals surface area contributed by atoms with Gasteiger partial charge >= 0.3 is 0 Å². The number of aromatic nitrogens is 2. The predicted molar refractivity (Wildman–Crippen MR) is 113 cm³/mol. The van der Waals surface area contributed by atoms with Gasteiger partial charge in [0.15, 0.2) is 5.83 Å². The van der Waals surface area contributed by atoms with E-state index < -0.39 is 29.4 Å². The van der Waals surface area contributed by atoms with E-state index in [1.165, 1.54) is 41.1 Å². The summed E-state index contributed by atoms with van der Waals surface area (Å²) < 4.78 is 44.8. The first-order valence-electron chi connectivity index (χ1n) is 9.85. The van der Waals surface area contributed by atoms with Gasteiger partial charge in [-0.3, -0.25) is 14.5 Å². The van der Waals surface area contributed by atoms with Gasteiger partial charge in [-0.05, 0) is 35.9 Å². The Kier molecular flexibility index (Phi) is 6.18. The van der Waals surface area contributed by atoms with Crippen LogP contribution in [-0.4, -0.2) is 45.7 Å². The molecule has 0 fully saturated rings. The number of aliphatic hydroxyl groups is 1. The van der Waals surface area contributed by atoms with Crippen LogP contribution in [0.2, 0.25) is 0 Å². The summed E-state index contributed by atoms with van der Waals surface area (Å²) in [5.41, 5.74) is -0.0557. The molecule has 0 saturated heterocycles. The molecule has 1 amide bonds. The average molecular weight is 440 g/mol. The number of hydrogen-bond acceptors (Lipinski definition) is 4. The molecule has 164 valence electrons. The Balaban J connectivity index is 1.63. The van der Waals surface area contributed by atoms with Gasteiger partial charge in [0.25, 0.3) is 5.91 Å². The number of amides is 1. The van der Waals surface area contributed by atoms with Crippen molar-refractivity contribution in [3.63, 3.8) is 0 Å². The standard InChI is InChI=1S/C23H19F3N4O2/c24-15-7-5-14(6-8-15)18-11-27-22(21(18)26)20-17(3-1-4-19(20)25)23(32)29-16(13-31)12-30-10-2-9-28-30/h1-10,16,31H,11-13H2,(H,29,32)/t16-/m1/s1. The molecule has 0 radical (unpaired) electrons. The maximum absolute atomic E-state index is 15.2. The number of aliphatic hydroxyl groups excluding tert-OH is 1. The van der Waals surface area contributed by atoms with Gasteiger partial charge in [-0.15, -0.1) is 0 Å². The maximum Gasteiger partial charge on any atom is 0.252 e. The Morgan fingerprint density at radius 3 is 2.59 bits per heavy atom. The first kappa shape index (κ1) is 21.5. The Labute approximate surface area is 181 Å². The van der Waals surface area contributed by atoms with Gasteiger partial charge in [-0.2, -0.15) is 5.10 Å². The van der Waals surface area contributed by atoms with Gasteiger partial charge in [-0.25, -0.2) is 13.2 Å². The third-order valence-electron chi connectivity index (χ3n) is 5.08. The Morgan fingerprint density at radius 1 is 1.12 bits per heavy atom. The van der Waals surface area contributed by atoms with E-state index in [1.807, 2.05) is 0 Å². The molecule has 2 heterocycles. The molecule has 0 unspecified atom stereocenters. The topological polar surface area (TPSA) is 79.5 Å². The molecule has 1 atom stereocenters. The number of hydrogen-bond donors (Lipinski definition) is 2. The predicted octanol–water partition coefficient (Wildman–Crippen LogP) is 3.14. The minimum Gasteiger partial charge on any atom is -0.394 e. The van der Waals surface area contributed by atoms with Gasteiger partial charge in [-0.1, -0.05) is 18.2 Å². The minimum atomic E-state index is -0.806. The van der Waals surface area contributed by atoms with Gasteiger partial charge in [0.05, 0.1) is 36.9 Å². The van der Waals surface area contributed by atoms with Crippen LogP contribution in [0.25, 0.3) is 5.57 Å². The summed E-state index contributed by atoms with van der Waals surface area (Å²) >= 11 is 0. The van der Waals surface area contributed by atoms with E-state index in [1.54, 1.807) is 18.5 Å². The zero-order valence-electron chi connectivity index (χ0n) is 16.8. The zero-order chi connectivity index (χ0) is 22.7. The van der Waals surface area contributed by atoms with E-state index >= 15 is 4.39 Å². The van der Waals surface area contributed by atoms with Crippen molar-refractivity contribution in [3.8, 4) is 0 Å². The smallest absolute Gasteiger partial charge is 0.252 e. The number of aliphatic imine (C=N–C) groups is 1. The summed E-state index contributed by atoms with van der Waals surface area (Å²) in [4.78, 5) is 17.0. The van der Waals surface area contributed by atoms with Gasteiger partial charge < -0.3 is 10.4 Å². The lowest BCUT2D eigenvalue weighted by atomic mass is 9.98. The highest BCUT2D eigenvalue weighted by Crippen LogP contribution is 2.31. The minimum absolute atomic E-state index is 0.0687. The van der Waals surface area contributed by atoms with Crippen LogP contribution >= 0.6 is 0 Å². The molecular weight excluding hydrogens is 421 g/mol. The SMILES string of the molecule is O=C(N[C@@H](CO)Cn1cccn1)c1cccc(F)c1C1=NCC(c2ccc(F)cc2)=C1F. The average Bonchev–Trinajstić information content (AvgIpc) is 3.43. The fourth-order valence-electron chi connectivity index (χ4n) is 3.50. The van der Waals surface area contributed by atoms with Crippen molar-refractivity contribution >= 4 is 17.2 Å². The highest BCUT2D eigenvalue weighted by molar-refractivity contribution is 6.21. The van der Waals surface area contributed by atoms with Crippen molar-refractivity contribution in [1.29, 1.82) is 0 Å². The molecule has 2 aromatic carbocycles. The number of nitrogens with zero attached hydrogens (tertiary/aromatic N) is 3. The van der Waals surface area contributed by atoms with E-state index in [-0.39, 0.29) is 42.1 Å². The molecule has 0 saturated carbocycles. The molecule has 9 heteroatoms. The largest absolute Gasteiger partial charge is 0.394 e. The zero-order valence-corrected chi connectivity index (χ0v) is 16.8. The van der Waals surface area contributed by atoms with Crippen LogP contribution < -0.4 is 5.32 Å². The highest BCUT2D eigenvalue weighted by Gasteiger charge is 2.29. The summed E-state index contributed by atoms with van der Waals surface area (Å²) in [6.45, 7) is -0.245. The van der Waals surface area contributed by atoms with E-state index in [4.69, 9.17) is 0 Å². The van der Waals surface area contributed by atoms with E-state index in [0.717, 1.165) is 6.07 Å². The molecule has 4 rings (SSSR count). The number of rotatable bonds is 7. The van der Waals surface area contributed by atoms with E-state index in [9.17, 15) is 18.7 Å². The van der Waals surface area contributed by atoms with Gasteiger partial charge in [0, 0.05) is 18.0 Å². The van der Waals surface area contributed by atoms with Gasteiger partial charge in [0.2, 0.25) is 0 Å². The van der Waals surface area contributed by atoms with Crippen LogP contribution in [0.3, 0.4) is 0 Å². The Morgan fingerprint density at radius 2 is 1.91 bits per heavy atom. The number of allylic oxidation sites excluding steroid dienone is 1. The molecule has 1 aliphatic rings. The van der Waals surface area contributed by atoms with E-state index in [0.29, 0.717) is 5.56 Å². The monoisotopic (exact) mass is 440 g/mol. The van der Waals surface area contributed by atoms with Crippen molar-refractivity contribution in [2.24, 2.45) is 4.99 Å². The molecule has 0 spiro atoms. The molecule has 2 N–H and O–H groups in total. The van der Waals surface area contributed by atoms with Crippen molar-refractivity contribution in [1.82, 2.24) is 15.1 Å². The lowest BCUT2D eigenvalue weighted by molar-refractivity contribution is 0.0907. The third kappa shape index (κ3) is 4.33. The van der Waals surface area contributed by atoms with Crippen LogP contribution in [0, 0.1) is 11.6 Å². The van der Waals surface area contributed by atoms with Gasteiger partial charge in [0.1, 0.15) is 17.3 Å². The lowest BCUT2D eigenvalue weighted by Gasteiger charge is -2.18. The summed E-state index contributed by atoms with van der Waals surface area (Å²) in [6.07, 6.45) is 3.24. The third-order valence-corrected chi connectivity index (χ3v) is 5.08. The second kappa shape index (κ2) is 9.19. The van der Waals surface area contributed by atoms with Crippen LogP contribution in [0.15, 0.2) is 71.7 Å². The number of carbonyl (C=O) groups is 1. The fraction of sp³-hybridized carbons (Fsp3) is 0.174. The first-order valence-corrected chi connectivity index (χ1v) is 9.85. The van der Waals surface area contributed by atoms with Crippen LogP contribution in [-0.2, 0) is 6.54 Å². The van der Waals surface area contributed by atoms with Crippen molar-refractivity contribution < 1.29 is 23.1 Å². The van der Waals surface area contributed by atoms with E-state index in [2.05, 4.69) is 15.4 Å². The molecule has 0 aliphatic carbocycles. The molecule has 3 aromatic rings. The number of carbonyl (C=O) groups excluding carboxylic acids is 1. The molecule has 1 aliphatic heterocycles. The normalized spacial score (nSPS) is 14.4. The number of nitrogens with one attached hydrogen (secondary N) is 1. The quantitative estimate of drug-likeness (QED) is 0.593. The second-order valence-corrected chi connectivity index (χ2v) is 7.21.